The Balaban J connectivity index is 2.25. The van der Waals surface area contributed by atoms with Crippen LogP contribution in [0.1, 0.15) is 36.5 Å². The number of rotatable bonds is 7. The summed E-state index contributed by atoms with van der Waals surface area (Å²) < 4.78 is 25.5. The summed E-state index contributed by atoms with van der Waals surface area (Å²) in [4.78, 5) is 0. The van der Waals surface area contributed by atoms with Crippen LogP contribution in [0.5, 0.6) is 11.5 Å². The summed E-state index contributed by atoms with van der Waals surface area (Å²) in [5.74, 6) is 1.03. The summed E-state index contributed by atoms with van der Waals surface area (Å²) >= 11 is 0. The van der Waals surface area contributed by atoms with E-state index in [-0.39, 0.29) is 11.7 Å². The first kappa shape index (κ1) is 21.1. The van der Waals surface area contributed by atoms with E-state index in [1.165, 1.54) is 18.2 Å². The molecule has 0 saturated carbocycles. The molecule has 0 aliphatic heterocycles. The minimum atomic E-state index is -0.313. The Morgan fingerprint density at radius 2 is 1.77 bits per heavy atom. The Morgan fingerprint density at radius 1 is 1.07 bits per heavy atom. The Morgan fingerprint density at radius 3 is 2.37 bits per heavy atom. The molecule has 0 aromatic heterocycles. The van der Waals surface area contributed by atoms with Gasteiger partial charge in [-0.05, 0) is 52.4 Å². The highest BCUT2D eigenvalue weighted by molar-refractivity contribution is 5.85. The third-order valence-corrected chi connectivity index (χ3v) is 4.84. The molecule has 0 radical (unpaired) electrons. The molecule has 3 aromatic rings. The van der Waals surface area contributed by atoms with Crippen LogP contribution in [0.25, 0.3) is 17.2 Å². The average Bonchev–Trinajstić information content (AvgIpc) is 2.76. The molecule has 0 aliphatic carbocycles. The van der Waals surface area contributed by atoms with Crippen LogP contribution < -0.4 is 9.47 Å². The van der Waals surface area contributed by atoms with Crippen molar-refractivity contribution in [2.45, 2.75) is 26.4 Å². The number of methoxy groups -OCH3 is 1. The van der Waals surface area contributed by atoms with Crippen molar-refractivity contribution in [2.75, 3.05) is 7.11 Å². The number of hydrogen-bond acceptors (Lipinski definition) is 3. The lowest BCUT2D eigenvalue weighted by Gasteiger charge is -2.22. The summed E-state index contributed by atoms with van der Waals surface area (Å²) in [6, 6.07) is 20.1. The monoisotopic (exact) mass is 401 g/mol. The van der Waals surface area contributed by atoms with E-state index in [2.05, 4.69) is 19.9 Å². The van der Waals surface area contributed by atoms with E-state index in [0.717, 1.165) is 27.8 Å². The molecule has 0 atom stereocenters. The molecule has 0 unspecified atom stereocenters. The molecule has 30 heavy (non-hydrogen) atoms. The van der Waals surface area contributed by atoms with Crippen LogP contribution in [0.2, 0.25) is 0 Å². The molecule has 0 aliphatic rings. The van der Waals surface area contributed by atoms with Gasteiger partial charge in [0, 0.05) is 11.6 Å². The van der Waals surface area contributed by atoms with Gasteiger partial charge in [0.25, 0.3) is 0 Å². The van der Waals surface area contributed by atoms with Crippen molar-refractivity contribution >= 4 is 6.08 Å². The molecule has 3 nitrogen and oxygen atoms in total. The molecule has 0 bridgehead atoms. The van der Waals surface area contributed by atoms with Gasteiger partial charge in [-0.25, -0.2) is 4.39 Å². The van der Waals surface area contributed by atoms with Crippen molar-refractivity contribution < 1.29 is 13.9 Å². The van der Waals surface area contributed by atoms with E-state index < -0.39 is 0 Å². The molecule has 0 saturated heterocycles. The Kier molecular flexibility index (Phi) is 6.87. The van der Waals surface area contributed by atoms with Gasteiger partial charge in [0.1, 0.15) is 12.4 Å². The molecular formula is C26H24FNO2. The van der Waals surface area contributed by atoms with Crippen LogP contribution in [-0.2, 0) is 6.61 Å². The zero-order chi connectivity index (χ0) is 21.5. The number of nitrogens with zero attached hydrogens (tertiary/aromatic N) is 1. The molecule has 0 amide bonds. The summed E-state index contributed by atoms with van der Waals surface area (Å²) in [5.41, 5.74) is 4.47. The minimum absolute atomic E-state index is 0.180. The van der Waals surface area contributed by atoms with Crippen LogP contribution in [-0.4, -0.2) is 7.11 Å². The van der Waals surface area contributed by atoms with Gasteiger partial charge in [-0.2, -0.15) is 5.26 Å². The standard InChI is InChI=1S/C26H24FNO2/c1-18(2)23-16-24(29-3)26(30-17-19-8-5-4-6-9-19)25(22(23)10-7-15-28)20-11-13-21(27)14-12-20/h4-14,16,18H,17H2,1-3H3/b10-7+. The van der Waals surface area contributed by atoms with Gasteiger partial charge in [-0.3, -0.25) is 0 Å². The third-order valence-electron chi connectivity index (χ3n) is 4.84. The van der Waals surface area contributed by atoms with Crippen LogP contribution in [0, 0.1) is 17.1 Å². The van der Waals surface area contributed by atoms with Crippen molar-refractivity contribution in [2.24, 2.45) is 0 Å². The molecule has 0 fully saturated rings. The molecule has 3 aromatic carbocycles. The van der Waals surface area contributed by atoms with E-state index in [1.807, 2.05) is 36.4 Å². The molecule has 3 rings (SSSR count). The Labute approximate surface area is 177 Å². The molecule has 152 valence electrons. The van der Waals surface area contributed by atoms with E-state index in [1.54, 1.807) is 25.3 Å². The van der Waals surface area contributed by atoms with Gasteiger partial charge >= 0.3 is 0 Å². The van der Waals surface area contributed by atoms with Crippen molar-refractivity contribution in [1.29, 1.82) is 5.26 Å². The largest absolute Gasteiger partial charge is 0.493 e. The highest BCUT2D eigenvalue weighted by Gasteiger charge is 2.22. The molecule has 0 N–H and O–H groups in total. The molecule has 4 heteroatoms. The highest BCUT2D eigenvalue weighted by Crippen LogP contribution is 2.45. The maximum Gasteiger partial charge on any atom is 0.170 e. The predicted octanol–water partition coefficient (Wildman–Crippen LogP) is 6.74. The lowest BCUT2D eigenvalue weighted by molar-refractivity contribution is 0.285. The maximum absolute atomic E-state index is 13.6. The number of halogens is 1. The van der Waals surface area contributed by atoms with Crippen molar-refractivity contribution in [1.82, 2.24) is 0 Å². The second-order valence-corrected chi connectivity index (χ2v) is 7.18. The maximum atomic E-state index is 13.6. The first-order valence-electron chi connectivity index (χ1n) is 9.78. The van der Waals surface area contributed by atoms with Gasteiger partial charge in [-0.1, -0.05) is 56.3 Å². The van der Waals surface area contributed by atoms with E-state index in [0.29, 0.717) is 18.1 Å². The number of hydrogen-bond donors (Lipinski definition) is 0. The van der Waals surface area contributed by atoms with E-state index >= 15 is 0 Å². The zero-order valence-electron chi connectivity index (χ0n) is 17.4. The predicted molar refractivity (Wildman–Crippen MR) is 118 cm³/mol. The minimum Gasteiger partial charge on any atom is -0.493 e. The fraction of sp³-hybridized carbons (Fsp3) is 0.192. The summed E-state index contributed by atoms with van der Waals surface area (Å²) in [7, 11) is 1.61. The second-order valence-electron chi connectivity index (χ2n) is 7.18. The van der Waals surface area contributed by atoms with Crippen molar-refractivity contribution in [3.63, 3.8) is 0 Å². The number of ether oxygens (including phenoxy) is 2. The van der Waals surface area contributed by atoms with Crippen LogP contribution in [0.15, 0.2) is 66.7 Å². The molecule has 0 spiro atoms. The van der Waals surface area contributed by atoms with Crippen molar-refractivity contribution in [3.05, 3.63) is 89.2 Å². The highest BCUT2D eigenvalue weighted by atomic mass is 19.1. The first-order chi connectivity index (χ1) is 14.5. The third kappa shape index (κ3) is 4.69. The number of nitriles is 1. The van der Waals surface area contributed by atoms with E-state index in [4.69, 9.17) is 14.7 Å². The summed E-state index contributed by atoms with van der Waals surface area (Å²) in [5, 5.41) is 9.13. The number of allylic oxidation sites excluding steroid dienone is 1. The fourth-order valence-corrected chi connectivity index (χ4v) is 3.38. The molecular weight excluding hydrogens is 377 g/mol. The van der Waals surface area contributed by atoms with Gasteiger partial charge in [0.15, 0.2) is 11.5 Å². The van der Waals surface area contributed by atoms with Gasteiger partial charge < -0.3 is 9.47 Å². The lowest BCUT2D eigenvalue weighted by Crippen LogP contribution is -2.04. The van der Waals surface area contributed by atoms with Gasteiger partial charge in [0.05, 0.1) is 13.2 Å². The van der Waals surface area contributed by atoms with Gasteiger partial charge in [-0.15, -0.1) is 0 Å². The lowest BCUT2D eigenvalue weighted by atomic mass is 9.88. The van der Waals surface area contributed by atoms with Crippen LogP contribution >= 0.6 is 0 Å². The van der Waals surface area contributed by atoms with Crippen LogP contribution in [0.3, 0.4) is 0 Å². The Hall–Kier alpha value is -3.58. The smallest absolute Gasteiger partial charge is 0.170 e. The fourth-order valence-electron chi connectivity index (χ4n) is 3.38. The summed E-state index contributed by atoms with van der Waals surface area (Å²) in [6.45, 7) is 4.52. The Bertz CT molecular complexity index is 1060. The first-order valence-corrected chi connectivity index (χ1v) is 9.78. The number of benzene rings is 3. The molecule has 0 heterocycles. The van der Waals surface area contributed by atoms with Crippen molar-refractivity contribution in [3.8, 4) is 28.7 Å². The normalized spacial score (nSPS) is 10.9. The second kappa shape index (κ2) is 9.76. The SMILES string of the molecule is COc1cc(C(C)C)c(/C=C/C#N)c(-c2ccc(F)cc2)c1OCc1ccccc1. The quantitative estimate of drug-likeness (QED) is 0.412. The van der Waals surface area contributed by atoms with Gasteiger partial charge in [0.2, 0.25) is 0 Å². The zero-order valence-corrected chi connectivity index (χ0v) is 17.4. The average molecular weight is 401 g/mol. The summed E-state index contributed by atoms with van der Waals surface area (Å²) in [6.07, 6.45) is 3.23. The van der Waals surface area contributed by atoms with E-state index in [9.17, 15) is 4.39 Å². The van der Waals surface area contributed by atoms with Crippen LogP contribution in [0.4, 0.5) is 4.39 Å². The topological polar surface area (TPSA) is 42.2 Å².